The predicted octanol–water partition coefficient (Wildman–Crippen LogP) is 1.46. The molecular formula is C4H11ClOSSi. The number of alkyl halides is 1. The van der Waals surface area contributed by atoms with E-state index in [0.717, 1.165) is 5.38 Å². The van der Waals surface area contributed by atoms with Crippen LogP contribution in [-0.2, 0) is 4.43 Å². The van der Waals surface area contributed by atoms with Crippen LogP contribution in [0.5, 0.6) is 0 Å². The lowest BCUT2D eigenvalue weighted by Gasteiger charge is -2.18. The third-order valence-corrected chi connectivity index (χ3v) is 7.03. The molecule has 0 heterocycles. The van der Waals surface area contributed by atoms with Gasteiger partial charge in [-0.1, -0.05) is 0 Å². The molecule has 0 aromatic heterocycles. The maximum atomic E-state index is 5.60. The molecule has 0 aliphatic rings. The van der Waals surface area contributed by atoms with Crippen molar-refractivity contribution in [3.05, 3.63) is 0 Å². The summed E-state index contributed by atoms with van der Waals surface area (Å²) in [6, 6.07) is 0. The number of rotatable bonds is 3. The fourth-order valence-electron chi connectivity index (χ4n) is 0.161. The van der Waals surface area contributed by atoms with Crippen LogP contribution < -0.4 is 0 Å². The molecule has 4 heteroatoms. The van der Waals surface area contributed by atoms with Gasteiger partial charge in [0.25, 0.3) is 0 Å². The van der Waals surface area contributed by atoms with Gasteiger partial charge >= 0.3 is 0 Å². The zero-order valence-electron chi connectivity index (χ0n) is 5.15. The molecule has 1 atom stereocenters. The average Bonchev–Trinajstić information content (AvgIpc) is 1.87. The van der Waals surface area contributed by atoms with E-state index in [1.54, 1.807) is 7.11 Å². The summed E-state index contributed by atoms with van der Waals surface area (Å²) in [6.07, 6.45) is 0. The van der Waals surface area contributed by atoms with Gasteiger partial charge in [-0.15, -0.1) is 11.6 Å². The Kier molecular flexibility index (Phi) is 4.15. The number of hydrogen-bond acceptors (Lipinski definition) is 2. The van der Waals surface area contributed by atoms with Crippen LogP contribution in [0.1, 0.15) is 0 Å². The minimum Gasteiger partial charge on any atom is -0.418 e. The van der Waals surface area contributed by atoms with Crippen molar-refractivity contribution in [1.29, 1.82) is 0 Å². The van der Waals surface area contributed by atoms with Gasteiger partial charge < -0.3 is 4.43 Å². The highest BCUT2D eigenvalue weighted by Gasteiger charge is 2.23. The van der Waals surface area contributed by atoms with E-state index >= 15 is 0 Å². The molecule has 0 radical (unpaired) electrons. The molecule has 0 rings (SSSR count). The smallest absolute Gasteiger partial charge is 0.213 e. The Morgan fingerprint density at radius 3 is 2.25 bits per heavy atom. The Morgan fingerprint density at radius 1 is 1.75 bits per heavy atom. The SMILES string of the molecule is CO[Si](C)(CS)CCl. The summed E-state index contributed by atoms with van der Waals surface area (Å²) < 4.78 is 5.17. The lowest BCUT2D eigenvalue weighted by atomic mass is 11.8. The van der Waals surface area contributed by atoms with Crippen LogP contribution in [0.3, 0.4) is 0 Å². The van der Waals surface area contributed by atoms with Gasteiger partial charge in [0.2, 0.25) is 8.32 Å². The van der Waals surface area contributed by atoms with Gasteiger partial charge in [-0.3, -0.25) is 0 Å². The summed E-state index contributed by atoms with van der Waals surface area (Å²) in [5.74, 6) is 0. The quantitative estimate of drug-likeness (QED) is 0.384. The van der Waals surface area contributed by atoms with Crippen LogP contribution in [0.25, 0.3) is 0 Å². The second-order valence-electron chi connectivity index (χ2n) is 1.95. The first-order valence-corrected chi connectivity index (χ1v) is 6.39. The van der Waals surface area contributed by atoms with Crippen molar-refractivity contribution in [2.75, 3.05) is 18.0 Å². The van der Waals surface area contributed by atoms with Crippen molar-refractivity contribution in [1.82, 2.24) is 0 Å². The van der Waals surface area contributed by atoms with E-state index in [2.05, 4.69) is 19.2 Å². The third-order valence-electron chi connectivity index (χ3n) is 1.11. The van der Waals surface area contributed by atoms with E-state index in [9.17, 15) is 0 Å². The molecule has 0 fully saturated rings. The van der Waals surface area contributed by atoms with Gasteiger partial charge in [-0.25, -0.2) is 0 Å². The summed E-state index contributed by atoms with van der Waals surface area (Å²) in [4.78, 5) is 0. The fourth-order valence-corrected chi connectivity index (χ4v) is 2.21. The molecule has 0 amide bonds. The monoisotopic (exact) mass is 170 g/mol. The average molecular weight is 171 g/mol. The standard InChI is InChI=1S/C4H11ClOSSi/c1-6-8(2,3-5)4-7/h7H,3-4H2,1-2H3. The second-order valence-corrected chi connectivity index (χ2v) is 7.59. The summed E-state index contributed by atoms with van der Waals surface area (Å²) in [5.41, 5.74) is 0.632. The highest BCUT2D eigenvalue weighted by atomic mass is 35.5. The van der Waals surface area contributed by atoms with Crippen LogP contribution in [0.4, 0.5) is 0 Å². The van der Waals surface area contributed by atoms with Crippen molar-refractivity contribution in [3.63, 3.8) is 0 Å². The molecular weight excluding hydrogens is 160 g/mol. The molecule has 0 saturated carbocycles. The topological polar surface area (TPSA) is 9.23 Å². The van der Waals surface area contributed by atoms with E-state index in [1.165, 1.54) is 0 Å². The molecule has 1 unspecified atom stereocenters. The van der Waals surface area contributed by atoms with Crippen molar-refractivity contribution < 1.29 is 4.43 Å². The Balaban J connectivity index is 3.58. The fraction of sp³-hybridized carbons (Fsp3) is 1.00. The minimum absolute atomic E-state index is 0.632. The van der Waals surface area contributed by atoms with Crippen molar-refractivity contribution in [2.24, 2.45) is 0 Å². The third kappa shape index (κ3) is 2.39. The first-order valence-electron chi connectivity index (χ1n) is 2.40. The predicted molar refractivity (Wildman–Crippen MR) is 43.2 cm³/mol. The Bertz CT molecular complexity index is 58.8. The number of hydrogen-bond donors (Lipinski definition) is 1. The molecule has 0 aromatic carbocycles. The normalized spacial score (nSPS) is 18.0. The molecule has 0 aliphatic heterocycles. The minimum atomic E-state index is -1.54. The van der Waals surface area contributed by atoms with Gasteiger partial charge in [0.1, 0.15) is 0 Å². The first-order chi connectivity index (χ1) is 3.68. The van der Waals surface area contributed by atoms with E-state index < -0.39 is 8.32 Å². The molecule has 1 nitrogen and oxygen atoms in total. The van der Waals surface area contributed by atoms with Gasteiger partial charge in [0.05, 0.1) is 0 Å². The second kappa shape index (κ2) is 3.77. The number of halogens is 1. The lowest BCUT2D eigenvalue weighted by Crippen LogP contribution is -2.38. The van der Waals surface area contributed by atoms with E-state index in [1.807, 2.05) is 0 Å². The van der Waals surface area contributed by atoms with Gasteiger partial charge in [0, 0.05) is 18.0 Å². The molecule has 8 heavy (non-hydrogen) atoms. The van der Waals surface area contributed by atoms with Crippen molar-refractivity contribution in [2.45, 2.75) is 6.55 Å². The van der Waals surface area contributed by atoms with E-state index in [0.29, 0.717) is 5.50 Å². The lowest BCUT2D eigenvalue weighted by molar-refractivity contribution is 0.409. The van der Waals surface area contributed by atoms with Crippen LogP contribution in [0.2, 0.25) is 6.55 Å². The van der Waals surface area contributed by atoms with Gasteiger partial charge in [-0.2, -0.15) is 12.6 Å². The maximum Gasteiger partial charge on any atom is 0.213 e. The van der Waals surface area contributed by atoms with Crippen molar-refractivity contribution >= 4 is 32.5 Å². The maximum absolute atomic E-state index is 5.60. The van der Waals surface area contributed by atoms with Crippen LogP contribution in [0, 0.1) is 0 Å². The van der Waals surface area contributed by atoms with Crippen LogP contribution in [-0.4, -0.2) is 26.3 Å². The summed E-state index contributed by atoms with van der Waals surface area (Å²) in [6.45, 7) is 2.06. The van der Waals surface area contributed by atoms with Gasteiger partial charge in [0.15, 0.2) is 0 Å². The Hall–Kier alpha value is 0.817. The van der Waals surface area contributed by atoms with Crippen LogP contribution >= 0.6 is 24.2 Å². The molecule has 0 aromatic rings. The zero-order valence-corrected chi connectivity index (χ0v) is 7.80. The molecule has 0 N–H and O–H groups in total. The highest BCUT2D eigenvalue weighted by molar-refractivity contribution is 7.82. The molecule has 0 bridgehead atoms. The largest absolute Gasteiger partial charge is 0.418 e. The zero-order chi connectivity index (χ0) is 6.62. The number of thiol groups is 1. The Labute approximate surface area is 61.9 Å². The molecule has 50 valence electrons. The molecule has 0 saturated heterocycles. The van der Waals surface area contributed by atoms with Gasteiger partial charge in [-0.05, 0) is 6.55 Å². The highest BCUT2D eigenvalue weighted by Crippen LogP contribution is 2.06. The summed E-state index contributed by atoms with van der Waals surface area (Å²) in [7, 11) is 0.158. The van der Waals surface area contributed by atoms with Crippen molar-refractivity contribution in [3.8, 4) is 0 Å². The van der Waals surface area contributed by atoms with Crippen LogP contribution in [0.15, 0.2) is 0 Å². The first kappa shape index (κ1) is 8.82. The summed E-state index contributed by atoms with van der Waals surface area (Å²) in [5, 5.41) is 0.799. The van der Waals surface area contributed by atoms with E-state index in [4.69, 9.17) is 16.0 Å². The molecule has 0 spiro atoms. The Morgan fingerprint density at radius 2 is 2.25 bits per heavy atom. The summed E-state index contributed by atoms with van der Waals surface area (Å²) >= 11 is 9.71. The van der Waals surface area contributed by atoms with E-state index in [-0.39, 0.29) is 0 Å². The molecule has 0 aliphatic carbocycles.